The summed E-state index contributed by atoms with van der Waals surface area (Å²) in [5, 5.41) is 8.44. The molecule has 27 heavy (non-hydrogen) atoms. The van der Waals surface area contributed by atoms with Crippen molar-refractivity contribution >= 4 is 17.5 Å². The van der Waals surface area contributed by atoms with Gasteiger partial charge in [0.25, 0.3) is 5.22 Å². The van der Waals surface area contributed by atoms with Gasteiger partial charge in [0.05, 0.1) is 26.4 Å². The summed E-state index contributed by atoms with van der Waals surface area (Å²) in [6.45, 7) is 1.99. The van der Waals surface area contributed by atoms with E-state index in [1.807, 2.05) is 49.4 Å². The van der Waals surface area contributed by atoms with Crippen molar-refractivity contribution in [3.63, 3.8) is 0 Å². The molecular formula is C20H20N2O4S. The number of methoxy groups -OCH3 is 2. The number of rotatable bonds is 8. The molecule has 1 heterocycles. The molecule has 3 aromatic rings. The van der Waals surface area contributed by atoms with Gasteiger partial charge in [0.15, 0.2) is 17.3 Å². The van der Waals surface area contributed by atoms with Crippen LogP contribution >= 0.6 is 11.8 Å². The SMILES string of the molecule is COc1ccc(Cc2nnc(SCC(=O)c3ccc(C)cc3)o2)cc1OC. The predicted octanol–water partition coefficient (Wildman–Crippen LogP) is 3.96. The number of thioether (sulfide) groups is 1. The summed E-state index contributed by atoms with van der Waals surface area (Å²) in [7, 11) is 3.19. The van der Waals surface area contributed by atoms with Crippen LogP contribution in [0.3, 0.4) is 0 Å². The van der Waals surface area contributed by atoms with Gasteiger partial charge in [-0.2, -0.15) is 0 Å². The third-order valence-electron chi connectivity index (χ3n) is 3.95. The van der Waals surface area contributed by atoms with Crippen molar-refractivity contribution in [3.05, 3.63) is 65.0 Å². The third-order valence-corrected chi connectivity index (χ3v) is 4.77. The molecule has 0 amide bonds. The number of hydrogen-bond donors (Lipinski definition) is 0. The van der Waals surface area contributed by atoms with Crippen LogP contribution < -0.4 is 9.47 Å². The van der Waals surface area contributed by atoms with Gasteiger partial charge in [-0.15, -0.1) is 10.2 Å². The summed E-state index contributed by atoms with van der Waals surface area (Å²) in [5.74, 6) is 2.07. The normalized spacial score (nSPS) is 10.6. The first kappa shape index (κ1) is 19.0. The van der Waals surface area contributed by atoms with E-state index in [4.69, 9.17) is 13.9 Å². The first-order valence-electron chi connectivity index (χ1n) is 8.35. The highest BCUT2D eigenvalue weighted by Gasteiger charge is 2.13. The van der Waals surface area contributed by atoms with E-state index in [-0.39, 0.29) is 11.5 Å². The van der Waals surface area contributed by atoms with E-state index in [1.54, 1.807) is 14.2 Å². The van der Waals surface area contributed by atoms with Gasteiger partial charge in [-0.05, 0) is 24.6 Å². The Balaban J connectivity index is 1.60. The fourth-order valence-electron chi connectivity index (χ4n) is 2.48. The van der Waals surface area contributed by atoms with E-state index in [0.717, 1.165) is 11.1 Å². The third kappa shape index (κ3) is 4.89. The Labute approximate surface area is 161 Å². The number of aryl methyl sites for hydroxylation is 1. The molecular weight excluding hydrogens is 364 g/mol. The molecule has 0 aliphatic carbocycles. The predicted molar refractivity (Wildman–Crippen MR) is 103 cm³/mol. The lowest BCUT2D eigenvalue weighted by atomic mass is 10.1. The van der Waals surface area contributed by atoms with Crippen molar-refractivity contribution < 1.29 is 18.7 Å². The molecule has 0 aliphatic rings. The molecule has 2 aromatic carbocycles. The van der Waals surface area contributed by atoms with Crippen LogP contribution in [0.4, 0.5) is 0 Å². The van der Waals surface area contributed by atoms with Crippen LogP contribution in [-0.4, -0.2) is 36.0 Å². The number of hydrogen-bond acceptors (Lipinski definition) is 7. The molecule has 6 nitrogen and oxygen atoms in total. The second-order valence-corrected chi connectivity index (χ2v) is 6.83. The van der Waals surface area contributed by atoms with Crippen molar-refractivity contribution in [2.45, 2.75) is 18.6 Å². The number of ketones is 1. The van der Waals surface area contributed by atoms with E-state index in [1.165, 1.54) is 11.8 Å². The van der Waals surface area contributed by atoms with Crippen molar-refractivity contribution in [1.82, 2.24) is 10.2 Å². The lowest BCUT2D eigenvalue weighted by Gasteiger charge is -2.08. The van der Waals surface area contributed by atoms with Crippen molar-refractivity contribution in [2.24, 2.45) is 0 Å². The van der Waals surface area contributed by atoms with Crippen molar-refractivity contribution in [1.29, 1.82) is 0 Å². The summed E-state index contributed by atoms with van der Waals surface area (Å²) in [6.07, 6.45) is 0.472. The lowest BCUT2D eigenvalue weighted by Crippen LogP contribution is -2.02. The molecule has 0 saturated heterocycles. The fourth-order valence-corrected chi connectivity index (χ4v) is 3.16. The largest absolute Gasteiger partial charge is 0.493 e. The molecule has 7 heteroatoms. The minimum Gasteiger partial charge on any atom is -0.493 e. The Kier molecular flexibility index (Phi) is 6.13. The zero-order chi connectivity index (χ0) is 19.2. The zero-order valence-corrected chi connectivity index (χ0v) is 16.2. The Hall–Kier alpha value is -2.80. The first-order valence-corrected chi connectivity index (χ1v) is 9.33. The molecule has 0 atom stereocenters. The molecule has 0 spiro atoms. The van der Waals surface area contributed by atoms with Crippen LogP contribution in [0.1, 0.15) is 27.4 Å². The first-order chi connectivity index (χ1) is 13.1. The van der Waals surface area contributed by atoms with E-state index >= 15 is 0 Å². The summed E-state index contributed by atoms with van der Waals surface area (Å²) in [5.41, 5.74) is 2.76. The second-order valence-electron chi connectivity index (χ2n) is 5.91. The quantitative estimate of drug-likeness (QED) is 0.430. The molecule has 1 aromatic heterocycles. The van der Waals surface area contributed by atoms with Crippen LogP contribution in [0.2, 0.25) is 0 Å². The fraction of sp³-hybridized carbons (Fsp3) is 0.250. The van der Waals surface area contributed by atoms with Crippen LogP contribution in [-0.2, 0) is 6.42 Å². The summed E-state index contributed by atoms with van der Waals surface area (Å²) >= 11 is 1.24. The molecule has 0 N–H and O–H groups in total. The molecule has 0 aliphatic heterocycles. The number of aromatic nitrogens is 2. The molecule has 0 unspecified atom stereocenters. The van der Waals surface area contributed by atoms with Gasteiger partial charge < -0.3 is 13.9 Å². The number of nitrogens with zero attached hydrogens (tertiary/aromatic N) is 2. The Morgan fingerprint density at radius 2 is 1.78 bits per heavy atom. The Bertz CT molecular complexity index is 922. The molecule has 0 bridgehead atoms. The number of carbonyl (C=O) groups is 1. The van der Waals surface area contributed by atoms with Crippen LogP contribution in [0.5, 0.6) is 11.5 Å². The lowest BCUT2D eigenvalue weighted by molar-refractivity contribution is 0.102. The van der Waals surface area contributed by atoms with Gasteiger partial charge in [-0.25, -0.2) is 0 Å². The maximum atomic E-state index is 12.2. The minimum absolute atomic E-state index is 0.0274. The minimum atomic E-state index is 0.0274. The van der Waals surface area contributed by atoms with Gasteiger partial charge in [0, 0.05) is 5.56 Å². The molecule has 3 rings (SSSR count). The molecule has 0 radical (unpaired) electrons. The standard InChI is InChI=1S/C20H20N2O4S/c1-13-4-7-15(8-5-13)16(23)12-27-20-22-21-19(26-20)11-14-6-9-17(24-2)18(10-14)25-3/h4-10H,11-12H2,1-3H3. The topological polar surface area (TPSA) is 74.5 Å². The van der Waals surface area contributed by atoms with Crippen LogP contribution in [0.15, 0.2) is 52.1 Å². The van der Waals surface area contributed by atoms with Crippen molar-refractivity contribution in [3.8, 4) is 11.5 Å². The summed E-state index contributed by atoms with van der Waals surface area (Å²) in [6, 6.07) is 13.1. The summed E-state index contributed by atoms with van der Waals surface area (Å²) in [4.78, 5) is 12.2. The maximum Gasteiger partial charge on any atom is 0.277 e. The van der Waals surface area contributed by atoms with Gasteiger partial charge >= 0.3 is 0 Å². The molecule has 0 saturated carbocycles. The van der Waals surface area contributed by atoms with Gasteiger partial charge in [0.2, 0.25) is 5.89 Å². The molecule has 140 valence electrons. The average Bonchev–Trinajstić information content (AvgIpc) is 3.13. The number of ether oxygens (including phenoxy) is 2. The van der Waals surface area contributed by atoms with E-state index in [0.29, 0.717) is 34.6 Å². The Morgan fingerprint density at radius 3 is 2.48 bits per heavy atom. The maximum absolute atomic E-state index is 12.2. The number of benzene rings is 2. The monoisotopic (exact) mass is 384 g/mol. The highest BCUT2D eigenvalue weighted by molar-refractivity contribution is 7.99. The molecule has 0 fully saturated rings. The van der Waals surface area contributed by atoms with E-state index in [2.05, 4.69) is 10.2 Å². The number of Topliss-reactive ketones (excluding diaryl/α,β-unsaturated/α-hetero) is 1. The van der Waals surface area contributed by atoms with Crippen LogP contribution in [0.25, 0.3) is 0 Å². The average molecular weight is 384 g/mol. The smallest absolute Gasteiger partial charge is 0.277 e. The van der Waals surface area contributed by atoms with Crippen molar-refractivity contribution in [2.75, 3.05) is 20.0 Å². The van der Waals surface area contributed by atoms with E-state index in [9.17, 15) is 4.79 Å². The summed E-state index contributed by atoms with van der Waals surface area (Å²) < 4.78 is 16.2. The van der Waals surface area contributed by atoms with Gasteiger partial charge in [-0.1, -0.05) is 47.7 Å². The zero-order valence-electron chi connectivity index (χ0n) is 15.4. The highest BCUT2D eigenvalue weighted by atomic mass is 32.2. The van der Waals surface area contributed by atoms with Crippen LogP contribution in [0, 0.1) is 6.92 Å². The van der Waals surface area contributed by atoms with E-state index < -0.39 is 0 Å². The highest BCUT2D eigenvalue weighted by Crippen LogP contribution is 2.28. The van der Waals surface area contributed by atoms with Gasteiger partial charge in [0.1, 0.15) is 0 Å². The Morgan fingerprint density at radius 1 is 1.04 bits per heavy atom. The number of carbonyl (C=O) groups excluding carboxylic acids is 1. The van der Waals surface area contributed by atoms with Gasteiger partial charge in [-0.3, -0.25) is 4.79 Å². The second kappa shape index (κ2) is 8.73.